The second kappa shape index (κ2) is 8.77. The van der Waals surface area contributed by atoms with Crippen molar-refractivity contribution in [3.05, 3.63) is 47.1 Å². The highest BCUT2D eigenvalue weighted by molar-refractivity contribution is 5.98. The van der Waals surface area contributed by atoms with Crippen molar-refractivity contribution in [2.75, 3.05) is 14.2 Å². The summed E-state index contributed by atoms with van der Waals surface area (Å²) in [6.07, 6.45) is 5.71. The van der Waals surface area contributed by atoms with Crippen molar-refractivity contribution in [1.29, 1.82) is 0 Å². The molecule has 2 aliphatic rings. The van der Waals surface area contributed by atoms with Crippen molar-refractivity contribution in [3.8, 4) is 0 Å². The molecule has 0 bridgehead atoms. The number of nitrogens with one attached hydrogen (secondary N) is 1. The predicted octanol–water partition coefficient (Wildman–Crippen LogP) is 2.60. The fraction of sp³-hybridized carbons (Fsp3) is 0.450. The summed E-state index contributed by atoms with van der Waals surface area (Å²) in [6.45, 7) is 7.04. The van der Waals surface area contributed by atoms with Crippen molar-refractivity contribution >= 4 is 18.0 Å². The number of rotatable bonds is 4. The zero-order chi connectivity index (χ0) is 21.0. The molecule has 0 aliphatic carbocycles. The van der Waals surface area contributed by atoms with Crippen LogP contribution in [0.5, 0.6) is 0 Å². The van der Waals surface area contributed by atoms with Gasteiger partial charge in [0, 0.05) is 35.6 Å². The Morgan fingerprint density at radius 1 is 0.964 bits per heavy atom. The average molecular weight is 390 g/mol. The van der Waals surface area contributed by atoms with E-state index in [-0.39, 0.29) is 12.0 Å². The van der Waals surface area contributed by atoms with E-state index < -0.39 is 23.9 Å². The molecule has 0 aromatic carbocycles. The second-order valence-corrected chi connectivity index (χ2v) is 6.76. The summed E-state index contributed by atoms with van der Waals surface area (Å²) in [4.78, 5) is 38.3. The standard InChI is InChI=1S/C20H26N2O6/c1-11(2)28-19(24)16-13(4)21-12(3)15(18(23)26-5)17(16)14-7-9-22(10-8-14)20(25)27-6/h7-11,14,17,21H,1-6H3. The molecule has 1 N–H and O–H groups in total. The molecule has 2 rings (SSSR count). The van der Waals surface area contributed by atoms with Crippen molar-refractivity contribution < 1.29 is 28.6 Å². The minimum atomic E-state index is -0.618. The first-order valence-corrected chi connectivity index (χ1v) is 8.92. The number of esters is 2. The van der Waals surface area contributed by atoms with Gasteiger partial charge in [0.15, 0.2) is 0 Å². The molecule has 1 atom stereocenters. The van der Waals surface area contributed by atoms with Gasteiger partial charge >= 0.3 is 18.0 Å². The first-order chi connectivity index (χ1) is 13.2. The highest BCUT2D eigenvalue weighted by atomic mass is 16.5. The zero-order valence-corrected chi connectivity index (χ0v) is 16.9. The minimum Gasteiger partial charge on any atom is -0.466 e. The number of carbonyl (C=O) groups is 3. The third-order valence-electron chi connectivity index (χ3n) is 4.48. The topological polar surface area (TPSA) is 94.2 Å². The molecule has 8 heteroatoms. The number of nitrogens with zero attached hydrogens (tertiary/aromatic N) is 1. The van der Waals surface area contributed by atoms with Gasteiger partial charge in [-0.1, -0.05) is 12.2 Å². The zero-order valence-electron chi connectivity index (χ0n) is 16.9. The normalized spacial score (nSPS) is 19.7. The van der Waals surface area contributed by atoms with Gasteiger partial charge in [0.2, 0.25) is 0 Å². The van der Waals surface area contributed by atoms with Crippen LogP contribution in [0, 0.1) is 11.8 Å². The van der Waals surface area contributed by atoms with E-state index >= 15 is 0 Å². The first kappa shape index (κ1) is 21.3. The van der Waals surface area contributed by atoms with Gasteiger partial charge in [-0.25, -0.2) is 14.4 Å². The maximum Gasteiger partial charge on any atom is 0.417 e. The van der Waals surface area contributed by atoms with E-state index in [0.29, 0.717) is 22.5 Å². The lowest BCUT2D eigenvalue weighted by Gasteiger charge is -2.34. The molecule has 0 fully saturated rings. The molecule has 0 aromatic rings. The van der Waals surface area contributed by atoms with Crippen LogP contribution in [0.4, 0.5) is 4.79 Å². The van der Waals surface area contributed by atoms with Crippen LogP contribution in [0.25, 0.3) is 0 Å². The number of dihydropyridines is 1. The Morgan fingerprint density at radius 2 is 1.50 bits per heavy atom. The highest BCUT2D eigenvalue weighted by Gasteiger charge is 2.40. The summed E-state index contributed by atoms with van der Waals surface area (Å²) in [5, 5.41) is 3.08. The number of allylic oxidation sites excluding steroid dienone is 4. The lowest BCUT2D eigenvalue weighted by Crippen LogP contribution is -2.37. The highest BCUT2D eigenvalue weighted by Crippen LogP contribution is 2.39. The lowest BCUT2D eigenvalue weighted by atomic mass is 9.76. The van der Waals surface area contributed by atoms with Gasteiger partial charge in [-0.05, 0) is 27.7 Å². The van der Waals surface area contributed by atoms with Gasteiger partial charge < -0.3 is 19.5 Å². The molecule has 0 radical (unpaired) electrons. The number of ether oxygens (including phenoxy) is 3. The number of hydrogen-bond donors (Lipinski definition) is 1. The lowest BCUT2D eigenvalue weighted by molar-refractivity contribution is -0.143. The number of amides is 1. The van der Waals surface area contributed by atoms with E-state index in [1.54, 1.807) is 52.2 Å². The molecule has 0 spiro atoms. The Balaban J connectivity index is 2.49. The summed E-state index contributed by atoms with van der Waals surface area (Å²) in [6, 6.07) is 0. The van der Waals surface area contributed by atoms with Gasteiger partial charge in [0.1, 0.15) is 0 Å². The minimum absolute atomic E-state index is 0.311. The maximum absolute atomic E-state index is 12.8. The molecule has 1 amide bonds. The van der Waals surface area contributed by atoms with Gasteiger partial charge in [-0.3, -0.25) is 4.90 Å². The van der Waals surface area contributed by atoms with Crippen molar-refractivity contribution in [2.24, 2.45) is 11.8 Å². The van der Waals surface area contributed by atoms with Gasteiger partial charge in [-0.15, -0.1) is 0 Å². The van der Waals surface area contributed by atoms with Gasteiger partial charge in [0.05, 0.1) is 31.5 Å². The molecular formula is C20H26N2O6. The van der Waals surface area contributed by atoms with Crippen molar-refractivity contribution in [3.63, 3.8) is 0 Å². The van der Waals surface area contributed by atoms with Crippen LogP contribution < -0.4 is 5.32 Å². The molecular weight excluding hydrogens is 364 g/mol. The monoisotopic (exact) mass is 390 g/mol. The Bertz CT molecular complexity index is 777. The van der Waals surface area contributed by atoms with E-state index in [4.69, 9.17) is 14.2 Å². The summed E-state index contributed by atoms with van der Waals surface area (Å²) in [7, 11) is 2.58. The molecule has 0 saturated heterocycles. The van der Waals surface area contributed by atoms with Crippen LogP contribution in [0.3, 0.4) is 0 Å². The van der Waals surface area contributed by atoms with Crippen LogP contribution in [-0.4, -0.2) is 43.3 Å². The summed E-state index contributed by atoms with van der Waals surface area (Å²) >= 11 is 0. The molecule has 0 aromatic heterocycles. The molecule has 1 unspecified atom stereocenters. The number of hydrogen-bond acceptors (Lipinski definition) is 7. The first-order valence-electron chi connectivity index (χ1n) is 8.92. The fourth-order valence-electron chi connectivity index (χ4n) is 3.31. The fourth-order valence-corrected chi connectivity index (χ4v) is 3.31. The average Bonchev–Trinajstić information content (AvgIpc) is 2.65. The van der Waals surface area contributed by atoms with Crippen LogP contribution in [0.1, 0.15) is 27.7 Å². The summed E-state index contributed by atoms with van der Waals surface area (Å²) < 4.78 is 15.1. The molecule has 8 nitrogen and oxygen atoms in total. The molecule has 28 heavy (non-hydrogen) atoms. The largest absolute Gasteiger partial charge is 0.466 e. The Morgan fingerprint density at radius 3 is 1.96 bits per heavy atom. The van der Waals surface area contributed by atoms with E-state index in [1.165, 1.54) is 19.1 Å². The van der Waals surface area contributed by atoms with Crippen LogP contribution >= 0.6 is 0 Å². The van der Waals surface area contributed by atoms with Crippen molar-refractivity contribution in [2.45, 2.75) is 33.8 Å². The quantitative estimate of drug-likeness (QED) is 0.582. The SMILES string of the molecule is COC(=O)C1=C(C)NC(C)=C(C(=O)OC(C)C)C1C1C=CN(C(=O)OC)C=C1. The van der Waals surface area contributed by atoms with E-state index in [1.807, 2.05) is 0 Å². The molecule has 0 saturated carbocycles. The van der Waals surface area contributed by atoms with Crippen LogP contribution in [-0.2, 0) is 23.8 Å². The number of carbonyl (C=O) groups excluding carboxylic acids is 3. The Hall–Kier alpha value is -3.03. The molecule has 2 aliphatic heterocycles. The van der Waals surface area contributed by atoms with Gasteiger partial charge in [-0.2, -0.15) is 0 Å². The smallest absolute Gasteiger partial charge is 0.417 e. The maximum atomic E-state index is 12.8. The van der Waals surface area contributed by atoms with Crippen molar-refractivity contribution in [1.82, 2.24) is 10.2 Å². The predicted molar refractivity (Wildman–Crippen MR) is 101 cm³/mol. The summed E-state index contributed by atoms with van der Waals surface area (Å²) in [5.74, 6) is -2.02. The Labute approximate surface area is 164 Å². The molecule has 152 valence electrons. The second-order valence-electron chi connectivity index (χ2n) is 6.76. The molecule has 2 heterocycles. The van der Waals surface area contributed by atoms with Crippen LogP contribution in [0.15, 0.2) is 47.1 Å². The van der Waals surface area contributed by atoms with Gasteiger partial charge in [0.25, 0.3) is 0 Å². The van der Waals surface area contributed by atoms with E-state index in [2.05, 4.69) is 5.32 Å². The third-order valence-corrected chi connectivity index (χ3v) is 4.48. The third kappa shape index (κ3) is 4.27. The van der Waals surface area contributed by atoms with E-state index in [0.717, 1.165) is 0 Å². The summed E-state index contributed by atoms with van der Waals surface area (Å²) in [5.41, 5.74) is 1.91. The van der Waals surface area contributed by atoms with E-state index in [9.17, 15) is 14.4 Å². The van der Waals surface area contributed by atoms with Crippen LogP contribution in [0.2, 0.25) is 0 Å². The number of methoxy groups -OCH3 is 2. The Kier molecular flexibility index (Phi) is 6.66.